The summed E-state index contributed by atoms with van der Waals surface area (Å²) in [4.78, 5) is 16.4. The maximum absolute atomic E-state index is 11.7. The Hall–Kier alpha value is -2.87. The third-order valence-electron chi connectivity index (χ3n) is 3.76. The zero-order chi connectivity index (χ0) is 17.4. The number of carbonyl (C=O) groups excluding carboxylic acids is 1. The largest absolute Gasteiger partial charge is 0.454 e. The number of nitrogens with one attached hydrogen (secondary N) is 1. The number of hydrogen-bond donors (Lipinski definition) is 1. The van der Waals surface area contributed by atoms with Gasteiger partial charge in [0.1, 0.15) is 5.82 Å². The maximum Gasteiger partial charge on any atom is 0.231 e. The van der Waals surface area contributed by atoms with Gasteiger partial charge in [-0.3, -0.25) is 4.79 Å². The van der Waals surface area contributed by atoms with Crippen molar-refractivity contribution in [1.29, 1.82) is 0 Å². The highest BCUT2D eigenvalue weighted by Crippen LogP contribution is 2.36. The van der Waals surface area contributed by atoms with Crippen LogP contribution in [0.5, 0.6) is 11.5 Å². The molecular weight excluding hydrogens is 340 g/mol. The minimum absolute atomic E-state index is 0.0614. The van der Waals surface area contributed by atoms with Crippen molar-refractivity contribution in [2.24, 2.45) is 0 Å². The second-order valence-corrected chi connectivity index (χ2v) is 6.40. The third-order valence-corrected chi connectivity index (χ3v) is 4.58. The summed E-state index contributed by atoms with van der Waals surface area (Å²) in [6, 6.07) is 7.56. The Bertz CT molecular complexity index is 947. The first-order chi connectivity index (χ1) is 12.1. The van der Waals surface area contributed by atoms with Gasteiger partial charge in [-0.2, -0.15) is 9.78 Å². The standard InChI is InChI=1S/C17H16N4O3S/c1-3-16(22)19-15-6-10(2)20-21(15)17-18-12(8-25-17)11-4-5-13-14(7-11)24-9-23-13/h4-8H,3,9H2,1-2H3,(H,19,22). The van der Waals surface area contributed by atoms with E-state index >= 15 is 0 Å². The highest BCUT2D eigenvalue weighted by atomic mass is 32.1. The van der Waals surface area contributed by atoms with Gasteiger partial charge in [-0.05, 0) is 25.1 Å². The maximum atomic E-state index is 11.7. The van der Waals surface area contributed by atoms with E-state index in [1.807, 2.05) is 43.5 Å². The van der Waals surface area contributed by atoms with E-state index in [-0.39, 0.29) is 12.7 Å². The van der Waals surface area contributed by atoms with E-state index in [4.69, 9.17) is 9.47 Å². The summed E-state index contributed by atoms with van der Waals surface area (Å²) in [7, 11) is 0. The van der Waals surface area contributed by atoms with Crippen LogP contribution < -0.4 is 14.8 Å². The molecule has 2 aromatic heterocycles. The SMILES string of the molecule is CCC(=O)Nc1cc(C)nn1-c1nc(-c2ccc3c(c2)OCO3)cs1. The molecule has 128 valence electrons. The van der Waals surface area contributed by atoms with E-state index in [2.05, 4.69) is 15.4 Å². The predicted octanol–water partition coefficient (Wildman–Crippen LogP) is 3.38. The molecule has 1 aromatic carbocycles. The van der Waals surface area contributed by atoms with Crippen LogP contribution in [0.4, 0.5) is 5.82 Å². The minimum atomic E-state index is -0.0614. The lowest BCUT2D eigenvalue weighted by atomic mass is 10.1. The van der Waals surface area contributed by atoms with Gasteiger partial charge in [0.25, 0.3) is 0 Å². The van der Waals surface area contributed by atoms with Crippen LogP contribution in [0.15, 0.2) is 29.6 Å². The number of rotatable bonds is 4. The quantitative estimate of drug-likeness (QED) is 0.775. The normalized spacial score (nSPS) is 12.4. The molecule has 0 spiro atoms. The number of nitrogens with zero attached hydrogens (tertiary/aromatic N) is 3. The molecule has 1 aliphatic rings. The van der Waals surface area contributed by atoms with E-state index in [0.717, 1.165) is 28.5 Å². The second kappa shape index (κ2) is 6.21. The van der Waals surface area contributed by atoms with Gasteiger partial charge in [0, 0.05) is 23.4 Å². The van der Waals surface area contributed by atoms with Crippen molar-refractivity contribution in [3.63, 3.8) is 0 Å². The average molecular weight is 356 g/mol. The zero-order valence-electron chi connectivity index (χ0n) is 13.8. The number of carbonyl (C=O) groups is 1. The van der Waals surface area contributed by atoms with Crippen molar-refractivity contribution in [3.05, 3.63) is 35.3 Å². The van der Waals surface area contributed by atoms with E-state index in [1.165, 1.54) is 11.3 Å². The fourth-order valence-corrected chi connectivity index (χ4v) is 3.31. The summed E-state index contributed by atoms with van der Waals surface area (Å²) in [5.74, 6) is 2.02. The van der Waals surface area contributed by atoms with Crippen LogP contribution in [-0.2, 0) is 4.79 Å². The van der Waals surface area contributed by atoms with Gasteiger partial charge in [-0.25, -0.2) is 4.98 Å². The molecule has 0 unspecified atom stereocenters. The van der Waals surface area contributed by atoms with Crippen molar-refractivity contribution >= 4 is 23.1 Å². The Labute approximate surface area is 148 Å². The van der Waals surface area contributed by atoms with Gasteiger partial charge < -0.3 is 14.8 Å². The molecule has 4 rings (SSSR count). The molecule has 0 aliphatic carbocycles. The summed E-state index contributed by atoms with van der Waals surface area (Å²) >= 11 is 1.46. The number of fused-ring (bicyclic) bond motifs is 1. The molecule has 1 amide bonds. The summed E-state index contributed by atoms with van der Waals surface area (Å²) in [6.07, 6.45) is 0.407. The first kappa shape index (κ1) is 15.6. The number of aryl methyl sites for hydroxylation is 1. The number of ether oxygens (including phenoxy) is 2. The number of amides is 1. The van der Waals surface area contributed by atoms with Crippen LogP contribution in [0, 0.1) is 6.92 Å². The Balaban J connectivity index is 1.67. The molecule has 25 heavy (non-hydrogen) atoms. The van der Waals surface area contributed by atoms with Crippen molar-refractivity contribution in [2.45, 2.75) is 20.3 Å². The zero-order valence-corrected chi connectivity index (χ0v) is 14.6. The molecule has 0 fully saturated rings. The lowest BCUT2D eigenvalue weighted by molar-refractivity contribution is -0.115. The Morgan fingerprint density at radius 1 is 1.32 bits per heavy atom. The molecule has 1 aliphatic heterocycles. The van der Waals surface area contributed by atoms with Crippen LogP contribution in [0.2, 0.25) is 0 Å². The van der Waals surface area contributed by atoms with E-state index in [9.17, 15) is 4.79 Å². The van der Waals surface area contributed by atoms with Crippen LogP contribution in [0.1, 0.15) is 19.0 Å². The molecule has 8 heteroatoms. The monoisotopic (exact) mass is 356 g/mol. The minimum Gasteiger partial charge on any atom is -0.454 e. The van der Waals surface area contributed by atoms with E-state index in [0.29, 0.717) is 17.4 Å². The molecule has 0 saturated heterocycles. The molecule has 3 heterocycles. The predicted molar refractivity (Wildman–Crippen MR) is 94.5 cm³/mol. The summed E-state index contributed by atoms with van der Waals surface area (Å²) in [6.45, 7) is 3.93. The first-order valence-electron chi connectivity index (χ1n) is 7.86. The van der Waals surface area contributed by atoms with Crippen LogP contribution in [0.3, 0.4) is 0 Å². The van der Waals surface area contributed by atoms with Crippen LogP contribution in [0.25, 0.3) is 16.4 Å². The smallest absolute Gasteiger partial charge is 0.231 e. The molecule has 0 atom stereocenters. The van der Waals surface area contributed by atoms with Gasteiger partial charge in [0.15, 0.2) is 11.5 Å². The van der Waals surface area contributed by atoms with Crippen molar-refractivity contribution in [1.82, 2.24) is 14.8 Å². The number of thiazole rings is 1. The van der Waals surface area contributed by atoms with Crippen molar-refractivity contribution in [3.8, 4) is 27.9 Å². The molecule has 7 nitrogen and oxygen atoms in total. The molecular formula is C17H16N4O3S. The van der Waals surface area contributed by atoms with Crippen LogP contribution >= 0.6 is 11.3 Å². The van der Waals surface area contributed by atoms with E-state index in [1.54, 1.807) is 4.68 Å². The number of benzene rings is 1. The number of hydrogen-bond acceptors (Lipinski definition) is 6. The van der Waals surface area contributed by atoms with Crippen molar-refractivity contribution < 1.29 is 14.3 Å². The highest BCUT2D eigenvalue weighted by molar-refractivity contribution is 7.12. The van der Waals surface area contributed by atoms with E-state index < -0.39 is 0 Å². The Kier molecular flexibility index (Phi) is 3.89. The van der Waals surface area contributed by atoms with Crippen molar-refractivity contribution in [2.75, 3.05) is 12.1 Å². The molecule has 1 N–H and O–H groups in total. The average Bonchev–Trinajstić information content (AvgIpc) is 3.32. The van der Waals surface area contributed by atoms with Gasteiger partial charge in [-0.15, -0.1) is 11.3 Å². The van der Waals surface area contributed by atoms with Gasteiger partial charge in [0.2, 0.25) is 17.8 Å². The second-order valence-electron chi connectivity index (χ2n) is 5.57. The molecule has 0 radical (unpaired) electrons. The topological polar surface area (TPSA) is 78.3 Å². The fourth-order valence-electron chi connectivity index (χ4n) is 2.52. The molecule has 0 bridgehead atoms. The Morgan fingerprint density at radius 2 is 2.16 bits per heavy atom. The van der Waals surface area contributed by atoms with Gasteiger partial charge in [-0.1, -0.05) is 6.92 Å². The lowest BCUT2D eigenvalue weighted by Crippen LogP contribution is -2.13. The lowest BCUT2D eigenvalue weighted by Gasteiger charge is -2.05. The van der Waals surface area contributed by atoms with Crippen LogP contribution in [-0.4, -0.2) is 27.5 Å². The Morgan fingerprint density at radius 3 is 3.00 bits per heavy atom. The first-order valence-corrected chi connectivity index (χ1v) is 8.74. The molecule has 0 saturated carbocycles. The van der Waals surface area contributed by atoms with Gasteiger partial charge >= 0.3 is 0 Å². The van der Waals surface area contributed by atoms with Gasteiger partial charge in [0.05, 0.1) is 11.4 Å². The summed E-state index contributed by atoms with van der Waals surface area (Å²) in [5.41, 5.74) is 2.57. The number of aromatic nitrogens is 3. The summed E-state index contributed by atoms with van der Waals surface area (Å²) in [5, 5.41) is 9.93. The third kappa shape index (κ3) is 2.96. The fraction of sp³-hybridized carbons (Fsp3) is 0.235. The molecule has 3 aromatic rings. The highest BCUT2D eigenvalue weighted by Gasteiger charge is 2.17. The summed E-state index contributed by atoms with van der Waals surface area (Å²) < 4.78 is 12.4. The number of anilines is 1.